The SMILES string of the molecule is COc1ccccc1CN(Cc1cccc(Oc2ccc(C)cc2)c1)C(=O)c1cc(C(=O)O)c(C(=O)O)cc1C(=O)O. The third-order valence-corrected chi connectivity index (χ3v) is 6.45. The number of hydrogen-bond donors (Lipinski definition) is 3. The van der Waals surface area contributed by atoms with E-state index in [0.717, 1.165) is 11.6 Å². The number of carboxylic acid groups (broad SMARTS) is 3. The summed E-state index contributed by atoms with van der Waals surface area (Å²) in [5.41, 5.74) is -0.228. The zero-order chi connectivity index (χ0) is 30.4. The van der Waals surface area contributed by atoms with Crippen molar-refractivity contribution in [2.45, 2.75) is 20.0 Å². The minimum atomic E-state index is -1.63. The Kier molecular flexibility index (Phi) is 8.87. The number of nitrogens with zero attached hydrogens (tertiary/aromatic N) is 1. The quantitative estimate of drug-likeness (QED) is 0.206. The van der Waals surface area contributed by atoms with E-state index >= 15 is 0 Å². The van der Waals surface area contributed by atoms with Crippen molar-refractivity contribution in [1.29, 1.82) is 0 Å². The second kappa shape index (κ2) is 12.7. The van der Waals surface area contributed by atoms with Crippen molar-refractivity contribution in [3.05, 3.63) is 124 Å². The Morgan fingerprint density at radius 2 is 1.26 bits per heavy atom. The molecule has 4 rings (SSSR count). The Balaban J connectivity index is 1.77. The van der Waals surface area contributed by atoms with E-state index in [-0.39, 0.29) is 13.1 Å². The number of carbonyl (C=O) groups is 4. The average molecular weight is 570 g/mol. The first-order valence-corrected chi connectivity index (χ1v) is 12.7. The lowest BCUT2D eigenvalue weighted by atomic mass is 9.96. The van der Waals surface area contributed by atoms with E-state index in [0.29, 0.717) is 34.4 Å². The second-order valence-electron chi connectivity index (χ2n) is 9.39. The maximum Gasteiger partial charge on any atom is 0.336 e. The van der Waals surface area contributed by atoms with E-state index in [1.165, 1.54) is 12.0 Å². The molecule has 0 spiro atoms. The average Bonchev–Trinajstić information content (AvgIpc) is 2.97. The topological polar surface area (TPSA) is 151 Å². The summed E-state index contributed by atoms with van der Waals surface area (Å²) in [5, 5.41) is 28.9. The van der Waals surface area contributed by atoms with Gasteiger partial charge in [-0.15, -0.1) is 0 Å². The predicted molar refractivity (Wildman–Crippen MR) is 152 cm³/mol. The van der Waals surface area contributed by atoms with Crippen LogP contribution in [0.2, 0.25) is 0 Å². The van der Waals surface area contributed by atoms with Gasteiger partial charge in [0.15, 0.2) is 0 Å². The molecule has 3 N–H and O–H groups in total. The highest BCUT2D eigenvalue weighted by Crippen LogP contribution is 2.27. The van der Waals surface area contributed by atoms with Gasteiger partial charge in [0.05, 0.1) is 29.4 Å². The third kappa shape index (κ3) is 6.73. The number of carboxylic acids is 3. The van der Waals surface area contributed by atoms with Crippen molar-refractivity contribution in [2.24, 2.45) is 0 Å². The van der Waals surface area contributed by atoms with Crippen LogP contribution in [0.15, 0.2) is 84.9 Å². The molecule has 42 heavy (non-hydrogen) atoms. The van der Waals surface area contributed by atoms with Gasteiger partial charge in [-0.2, -0.15) is 0 Å². The van der Waals surface area contributed by atoms with Gasteiger partial charge in [0, 0.05) is 18.7 Å². The molecular formula is C32H27NO9. The van der Waals surface area contributed by atoms with Crippen LogP contribution < -0.4 is 9.47 Å². The Bertz CT molecular complexity index is 1660. The van der Waals surface area contributed by atoms with E-state index in [9.17, 15) is 34.5 Å². The number of benzene rings is 4. The molecule has 4 aromatic rings. The molecule has 10 nitrogen and oxygen atoms in total. The van der Waals surface area contributed by atoms with Gasteiger partial charge in [0.1, 0.15) is 17.2 Å². The zero-order valence-electron chi connectivity index (χ0n) is 22.7. The van der Waals surface area contributed by atoms with Crippen LogP contribution in [0.25, 0.3) is 0 Å². The van der Waals surface area contributed by atoms with Crippen molar-refractivity contribution in [3.8, 4) is 17.2 Å². The maximum absolute atomic E-state index is 14.0. The fraction of sp³-hybridized carbons (Fsp3) is 0.125. The smallest absolute Gasteiger partial charge is 0.336 e. The third-order valence-electron chi connectivity index (χ3n) is 6.45. The van der Waals surface area contributed by atoms with Crippen LogP contribution in [-0.4, -0.2) is 51.1 Å². The summed E-state index contributed by atoms with van der Waals surface area (Å²) >= 11 is 0. The number of carbonyl (C=O) groups excluding carboxylic acids is 1. The number of aryl methyl sites for hydroxylation is 1. The van der Waals surface area contributed by atoms with Gasteiger partial charge in [-0.25, -0.2) is 14.4 Å². The highest BCUT2D eigenvalue weighted by atomic mass is 16.5. The molecule has 0 bridgehead atoms. The van der Waals surface area contributed by atoms with Crippen LogP contribution in [0.5, 0.6) is 17.2 Å². The van der Waals surface area contributed by atoms with Crippen LogP contribution >= 0.6 is 0 Å². The van der Waals surface area contributed by atoms with Gasteiger partial charge >= 0.3 is 17.9 Å². The largest absolute Gasteiger partial charge is 0.496 e. The van der Waals surface area contributed by atoms with E-state index in [1.54, 1.807) is 48.5 Å². The van der Waals surface area contributed by atoms with Crippen molar-refractivity contribution >= 4 is 23.8 Å². The first-order chi connectivity index (χ1) is 20.1. The van der Waals surface area contributed by atoms with Crippen LogP contribution in [-0.2, 0) is 13.1 Å². The summed E-state index contributed by atoms with van der Waals surface area (Å²) in [5.74, 6) is -4.04. The standard InChI is InChI=1S/C32H27NO9/c1-19-10-12-22(13-11-19)42-23-8-5-6-20(14-23)17-33(18-21-7-3-4-9-28(21)41-2)29(34)24-15-26(31(37)38)27(32(39)40)16-25(24)30(35)36/h3-16H,17-18H2,1-2H3,(H,35,36)(H,37,38)(H,39,40). The fourth-order valence-corrected chi connectivity index (χ4v) is 4.39. The first-order valence-electron chi connectivity index (χ1n) is 12.7. The van der Waals surface area contributed by atoms with Gasteiger partial charge < -0.3 is 29.7 Å². The molecule has 0 saturated heterocycles. The molecule has 214 valence electrons. The minimum Gasteiger partial charge on any atom is -0.496 e. The molecule has 0 heterocycles. The zero-order valence-corrected chi connectivity index (χ0v) is 22.7. The molecule has 0 atom stereocenters. The second-order valence-corrected chi connectivity index (χ2v) is 9.39. The maximum atomic E-state index is 14.0. The van der Waals surface area contributed by atoms with Crippen LogP contribution in [0, 0.1) is 6.92 Å². The van der Waals surface area contributed by atoms with Crippen LogP contribution in [0.4, 0.5) is 0 Å². The molecule has 1 amide bonds. The van der Waals surface area contributed by atoms with Crippen molar-refractivity contribution < 1.29 is 44.0 Å². The number of para-hydroxylation sites is 1. The summed E-state index contributed by atoms with van der Waals surface area (Å²) in [6.07, 6.45) is 0. The molecule has 0 aliphatic rings. The van der Waals surface area contributed by atoms with Gasteiger partial charge in [-0.05, 0) is 55.0 Å². The predicted octanol–water partition coefficient (Wildman–Crippen LogP) is 5.73. The summed E-state index contributed by atoms with van der Waals surface area (Å²) in [6.45, 7) is 1.90. The highest BCUT2D eigenvalue weighted by molar-refractivity contribution is 6.10. The molecular weight excluding hydrogens is 542 g/mol. The van der Waals surface area contributed by atoms with Crippen molar-refractivity contribution in [3.63, 3.8) is 0 Å². The number of methoxy groups -OCH3 is 1. The first kappa shape index (κ1) is 29.3. The lowest BCUT2D eigenvalue weighted by Gasteiger charge is -2.25. The van der Waals surface area contributed by atoms with E-state index in [4.69, 9.17) is 9.47 Å². The molecule has 0 fully saturated rings. The Hall–Kier alpha value is -5.64. The van der Waals surface area contributed by atoms with E-state index in [2.05, 4.69) is 0 Å². The number of amides is 1. The number of ether oxygens (including phenoxy) is 2. The monoisotopic (exact) mass is 569 g/mol. The van der Waals surface area contributed by atoms with Crippen molar-refractivity contribution in [1.82, 2.24) is 4.90 Å². The molecule has 0 aliphatic heterocycles. The van der Waals surface area contributed by atoms with Crippen LogP contribution in [0.1, 0.15) is 58.1 Å². The van der Waals surface area contributed by atoms with E-state index < -0.39 is 46.1 Å². The van der Waals surface area contributed by atoms with E-state index in [1.807, 2.05) is 31.2 Å². The summed E-state index contributed by atoms with van der Waals surface area (Å²) in [4.78, 5) is 51.0. The van der Waals surface area contributed by atoms with Gasteiger partial charge in [-0.3, -0.25) is 4.79 Å². The van der Waals surface area contributed by atoms with Crippen molar-refractivity contribution in [2.75, 3.05) is 7.11 Å². The Labute approximate surface area is 241 Å². The summed E-state index contributed by atoms with van der Waals surface area (Å²) < 4.78 is 11.4. The fourth-order valence-electron chi connectivity index (χ4n) is 4.39. The normalized spacial score (nSPS) is 10.5. The highest BCUT2D eigenvalue weighted by Gasteiger charge is 2.28. The van der Waals surface area contributed by atoms with Gasteiger partial charge in [-0.1, -0.05) is 48.0 Å². The molecule has 0 radical (unpaired) electrons. The molecule has 0 aromatic heterocycles. The minimum absolute atomic E-state index is 0.0237. The molecule has 0 unspecified atom stereocenters. The molecule has 10 heteroatoms. The molecule has 0 aliphatic carbocycles. The lowest BCUT2D eigenvalue weighted by molar-refractivity contribution is 0.0643. The Morgan fingerprint density at radius 1 is 0.667 bits per heavy atom. The number of rotatable bonds is 11. The molecule has 4 aromatic carbocycles. The van der Waals surface area contributed by atoms with Crippen LogP contribution in [0.3, 0.4) is 0 Å². The lowest BCUT2D eigenvalue weighted by Crippen LogP contribution is -2.32. The summed E-state index contributed by atoms with van der Waals surface area (Å²) in [6, 6.07) is 22.9. The van der Waals surface area contributed by atoms with Gasteiger partial charge in [0.2, 0.25) is 0 Å². The molecule has 0 saturated carbocycles. The number of aromatic carboxylic acids is 3. The summed E-state index contributed by atoms with van der Waals surface area (Å²) in [7, 11) is 1.48. The van der Waals surface area contributed by atoms with Gasteiger partial charge in [0.25, 0.3) is 5.91 Å². The Morgan fingerprint density at radius 3 is 1.88 bits per heavy atom. The number of hydrogen-bond acceptors (Lipinski definition) is 6.